The summed E-state index contributed by atoms with van der Waals surface area (Å²) in [5.74, 6) is -1.14. The molecule has 1 atom stereocenters. The highest BCUT2D eigenvalue weighted by Crippen LogP contribution is 2.32. The van der Waals surface area contributed by atoms with Gasteiger partial charge < -0.3 is 26.4 Å². The molecule has 7 nitrogen and oxygen atoms in total. The summed E-state index contributed by atoms with van der Waals surface area (Å²) >= 11 is -2.55. The lowest BCUT2D eigenvalue weighted by molar-refractivity contribution is 0.0698. The van der Waals surface area contributed by atoms with Gasteiger partial charge >= 0.3 is 5.97 Å². The summed E-state index contributed by atoms with van der Waals surface area (Å²) in [5, 5.41) is 12.4. The lowest BCUT2D eigenvalue weighted by atomic mass is 9.99. The van der Waals surface area contributed by atoms with E-state index in [1.807, 2.05) is 18.2 Å². The normalized spacial score (nSPS) is 12.7. The van der Waals surface area contributed by atoms with E-state index in [4.69, 9.17) is 11.5 Å². The maximum Gasteiger partial charge on any atom is 0.337 e. The van der Waals surface area contributed by atoms with Crippen molar-refractivity contribution in [3.63, 3.8) is 0 Å². The molecule has 0 radical (unpaired) electrons. The predicted molar refractivity (Wildman–Crippen MR) is 119 cm³/mol. The van der Waals surface area contributed by atoms with Gasteiger partial charge in [0.05, 0.1) is 16.9 Å². The van der Waals surface area contributed by atoms with Crippen LogP contribution < -0.4 is 16.8 Å². The van der Waals surface area contributed by atoms with Crippen LogP contribution in [0.5, 0.6) is 0 Å². The van der Waals surface area contributed by atoms with E-state index >= 15 is 0 Å². The van der Waals surface area contributed by atoms with E-state index in [9.17, 15) is 18.7 Å². The standard InChI is InChI=1S/C22H21N3O4S/c1-13(30(28)29)21(25-20-5-3-2-4-17(20)22(26)27)18-12-15(8-11-19(18)24)14-6-9-16(23)10-7-14/h2-12,25H,23-24H2,1H3,(H,26,27)(H,28,29)/p-1/b21-13-. The zero-order valence-corrected chi connectivity index (χ0v) is 16.9. The fourth-order valence-electron chi connectivity index (χ4n) is 2.97. The van der Waals surface area contributed by atoms with Gasteiger partial charge in [-0.1, -0.05) is 30.3 Å². The molecule has 30 heavy (non-hydrogen) atoms. The minimum absolute atomic E-state index is 0.00338. The minimum atomic E-state index is -2.55. The molecule has 0 heterocycles. The van der Waals surface area contributed by atoms with Gasteiger partial charge in [0.15, 0.2) is 0 Å². The molecule has 0 fully saturated rings. The van der Waals surface area contributed by atoms with Crippen LogP contribution >= 0.6 is 0 Å². The van der Waals surface area contributed by atoms with Crippen molar-refractivity contribution in [2.75, 3.05) is 16.8 Å². The highest BCUT2D eigenvalue weighted by Gasteiger charge is 2.16. The van der Waals surface area contributed by atoms with E-state index in [1.54, 1.807) is 42.5 Å². The monoisotopic (exact) mass is 422 g/mol. The predicted octanol–water partition coefficient (Wildman–Crippen LogP) is 3.90. The van der Waals surface area contributed by atoms with Gasteiger partial charge in [-0.25, -0.2) is 4.79 Å². The second-order valence-corrected chi connectivity index (χ2v) is 7.65. The Bertz CT molecular complexity index is 1160. The molecule has 0 aliphatic rings. The van der Waals surface area contributed by atoms with E-state index < -0.39 is 17.0 Å². The van der Waals surface area contributed by atoms with Crippen molar-refractivity contribution >= 4 is 39.8 Å². The van der Waals surface area contributed by atoms with Crippen LogP contribution in [0.25, 0.3) is 16.8 Å². The maximum absolute atomic E-state index is 11.8. The Labute approximate surface area is 176 Å². The van der Waals surface area contributed by atoms with Crippen LogP contribution in [0, 0.1) is 0 Å². The van der Waals surface area contributed by atoms with Crippen molar-refractivity contribution in [2.45, 2.75) is 6.92 Å². The molecule has 1 unspecified atom stereocenters. The van der Waals surface area contributed by atoms with Crippen LogP contribution in [-0.2, 0) is 11.1 Å². The van der Waals surface area contributed by atoms with Crippen molar-refractivity contribution in [3.05, 3.63) is 82.8 Å². The third kappa shape index (κ3) is 4.51. The second-order valence-electron chi connectivity index (χ2n) is 6.57. The molecule has 154 valence electrons. The Balaban J connectivity index is 2.16. The highest BCUT2D eigenvalue weighted by atomic mass is 32.2. The largest absolute Gasteiger partial charge is 0.769 e. The molecule has 3 rings (SSSR count). The first-order valence-electron chi connectivity index (χ1n) is 8.93. The van der Waals surface area contributed by atoms with Crippen molar-refractivity contribution < 1.29 is 18.7 Å². The van der Waals surface area contributed by atoms with E-state index in [0.717, 1.165) is 11.1 Å². The summed E-state index contributed by atoms with van der Waals surface area (Å²) in [6, 6.07) is 18.7. The molecule has 0 aromatic heterocycles. The van der Waals surface area contributed by atoms with Crippen molar-refractivity contribution in [3.8, 4) is 11.1 Å². The maximum atomic E-state index is 11.8. The highest BCUT2D eigenvalue weighted by molar-refractivity contribution is 7.83. The zero-order valence-electron chi connectivity index (χ0n) is 16.1. The van der Waals surface area contributed by atoms with E-state index in [0.29, 0.717) is 16.9 Å². The summed E-state index contributed by atoms with van der Waals surface area (Å²) in [5.41, 5.74) is 15.5. The van der Waals surface area contributed by atoms with Gasteiger partial charge in [-0.15, -0.1) is 0 Å². The number of nitrogen functional groups attached to an aromatic ring is 2. The first kappa shape index (κ1) is 21.1. The Hall–Kier alpha value is -3.62. The van der Waals surface area contributed by atoms with Gasteiger partial charge in [0.2, 0.25) is 0 Å². The number of nitrogens with two attached hydrogens (primary N) is 2. The van der Waals surface area contributed by atoms with Crippen molar-refractivity contribution in [2.24, 2.45) is 0 Å². The number of anilines is 3. The summed E-state index contributed by atoms with van der Waals surface area (Å²) in [6.45, 7) is 1.42. The molecule has 3 aromatic carbocycles. The quantitative estimate of drug-likeness (QED) is 0.349. The summed E-state index contributed by atoms with van der Waals surface area (Å²) < 4.78 is 23.5. The lowest BCUT2D eigenvalue weighted by Gasteiger charge is -2.20. The number of carboxylic acids is 1. The van der Waals surface area contributed by atoms with Crippen molar-refractivity contribution in [1.29, 1.82) is 0 Å². The Morgan fingerprint density at radius 2 is 1.60 bits per heavy atom. The molecular weight excluding hydrogens is 402 g/mol. The van der Waals surface area contributed by atoms with Crippen LogP contribution in [0.1, 0.15) is 22.8 Å². The third-order valence-corrected chi connectivity index (χ3v) is 5.29. The second kappa shape index (κ2) is 8.81. The first-order valence-corrected chi connectivity index (χ1v) is 10.0. The molecule has 6 N–H and O–H groups in total. The molecule has 8 heteroatoms. The molecular formula is C22H20N3O4S-. The smallest absolute Gasteiger partial charge is 0.337 e. The van der Waals surface area contributed by atoms with Gasteiger partial charge in [-0.2, -0.15) is 0 Å². The number of benzene rings is 3. The molecule has 0 saturated carbocycles. The summed E-state index contributed by atoms with van der Waals surface area (Å²) in [7, 11) is 0. The number of nitrogens with one attached hydrogen (secondary N) is 1. The first-order chi connectivity index (χ1) is 14.3. The topological polar surface area (TPSA) is 142 Å². The number of hydrogen-bond acceptors (Lipinski definition) is 6. The van der Waals surface area contributed by atoms with Crippen LogP contribution in [0.4, 0.5) is 17.1 Å². The number of rotatable bonds is 6. The van der Waals surface area contributed by atoms with Crippen LogP contribution in [0.15, 0.2) is 71.6 Å². The Kier molecular flexibility index (Phi) is 6.20. The van der Waals surface area contributed by atoms with Crippen LogP contribution in [0.2, 0.25) is 0 Å². The number of para-hydroxylation sites is 1. The van der Waals surface area contributed by atoms with Gasteiger partial charge in [-0.3, -0.25) is 4.21 Å². The minimum Gasteiger partial charge on any atom is -0.769 e. The molecule has 0 bridgehead atoms. The van der Waals surface area contributed by atoms with Gasteiger partial charge in [0, 0.05) is 21.8 Å². The number of aromatic carboxylic acids is 1. The zero-order chi connectivity index (χ0) is 21.8. The number of hydrogen-bond donors (Lipinski definition) is 4. The summed E-state index contributed by atoms with van der Waals surface area (Å²) in [6.07, 6.45) is 0. The number of carbonyl (C=O) groups is 1. The average molecular weight is 422 g/mol. The fraction of sp³-hybridized carbons (Fsp3) is 0.0455. The van der Waals surface area contributed by atoms with E-state index in [2.05, 4.69) is 5.32 Å². The summed E-state index contributed by atoms with van der Waals surface area (Å²) in [4.78, 5) is 11.6. The van der Waals surface area contributed by atoms with Gasteiger partial charge in [0.1, 0.15) is 0 Å². The number of carboxylic acid groups (broad SMARTS) is 1. The number of allylic oxidation sites excluding steroid dienone is 1. The third-order valence-electron chi connectivity index (χ3n) is 4.59. The molecule has 0 aliphatic heterocycles. The molecule has 0 amide bonds. The molecule has 0 aliphatic carbocycles. The Morgan fingerprint density at radius 1 is 0.967 bits per heavy atom. The SMILES string of the molecule is C/C(=C(/Nc1ccccc1C(=O)O)c1cc(-c2ccc(N)cc2)ccc1N)S(=O)[O-]. The molecule has 0 spiro atoms. The van der Waals surface area contributed by atoms with Crippen molar-refractivity contribution in [1.82, 2.24) is 0 Å². The van der Waals surface area contributed by atoms with E-state index in [1.165, 1.54) is 13.0 Å². The Morgan fingerprint density at radius 3 is 2.23 bits per heavy atom. The van der Waals surface area contributed by atoms with Gasteiger partial charge in [0.25, 0.3) is 0 Å². The molecule has 3 aromatic rings. The van der Waals surface area contributed by atoms with Gasteiger partial charge in [-0.05, 0) is 65.5 Å². The van der Waals surface area contributed by atoms with Crippen LogP contribution in [0.3, 0.4) is 0 Å². The van der Waals surface area contributed by atoms with E-state index in [-0.39, 0.29) is 21.9 Å². The lowest BCUT2D eigenvalue weighted by Crippen LogP contribution is -2.10. The average Bonchev–Trinajstić information content (AvgIpc) is 2.73. The fourth-order valence-corrected chi connectivity index (χ4v) is 3.30. The van der Waals surface area contributed by atoms with Crippen LogP contribution in [-0.4, -0.2) is 19.8 Å². The molecule has 0 saturated heterocycles.